The highest BCUT2D eigenvalue weighted by molar-refractivity contribution is 7.11. The molecule has 0 atom stereocenters. The summed E-state index contributed by atoms with van der Waals surface area (Å²) >= 11 is 1.75. The fraction of sp³-hybridized carbons (Fsp3) is 0.500. The molecule has 2 aromatic rings. The van der Waals surface area contributed by atoms with Gasteiger partial charge in [0.1, 0.15) is 22.5 Å². The van der Waals surface area contributed by atoms with Crippen LogP contribution in [0, 0.1) is 6.92 Å². The van der Waals surface area contributed by atoms with Crippen LogP contribution in [0.4, 0.5) is 11.6 Å². The molecule has 0 amide bonds. The third kappa shape index (κ3) is 3.25. The molecule has 0 unspecified atom stereocenters. The lowest BCUT2D eigenvalue weighted by Gasteiger charge is -2.12. The Kier molecular flexibility index (Phi) is 4.89. The topological polar surface area (TPSA) is 62.7 Å². The Morgan fingerprint density at radius 3 is 2.50 bits per heavy atom. The minimum Gasteiger partial charge on any atom is -0.373 e. The van der Waals surface area contributed by atoms with Crippen LogP contribution in [0.3, 0.4) is 0 Å². The number of aryl methyl sites for hydroxylation is 2. The van der Waals surface area contributed by atoms with Gasteiger partial charge < -0.3 is 10.6 Å². The van der Waals surface area contributed by atoms with Crippen molar-refractivity contribution in [2.75, 3.05) is 17.7 Å². The molecule has 0 spiro atoms. The van der Waals surface area contributed by atoms with E-state index < -0.39 is 0 Å². The molecule has 0 saturated heterocycles. The molecule has 0 fully saturated rings. The Labute approximate surface area is 123 Å². The maximum atomic E-state index is 4.56. The van der Waals surface area contributed by atoms with E-state index in [1.54, 1.807) is 11.3 Å². The molecule has 2 aromatic heterocycles. The second-order valence-electron chi connectivity index (χ2n) is 4.49. The highest BCUT2D eigenvalue weighted by Gasteiger charge is 2.09. The third-order valence-corrected chi connectivity index (χ3v) is 4.24. The summed E-state index contributed by atoms with van der Waals surface area (Å²) in [6.07, 6.45) is 3.81. The van der Waals surface area contributed by atoms with Crippen molar-refractivity contribution in [2.24, 2.45) is 0 Å². The molecule has 2 N–H and O–H groups in total. The fourth-order valence-electron chi connectivity index (χ4n) is 1.89. The summed E-state index contributed by atoms with van der Waals surface area (Å²) in [4.78, 5) is 14.7. The molecule has 2 rings (SSSR count). The molecule has 0 bridgehead atoms. The summed E-state index contributed by atoms with van der Waals surface area (Å²) in [5.41, 5.74) is 1.04. The molecule has 0 aliphatic carbocycles. The number of anilines is 2. The van der Waals surface area contributed by atoms with E-state index in [4.69, 9.17) is 0 Å². The SMILES string of the molecule is CCc1nc(NC)c(C)c(NCc2ncc(CC)s2)n1. The van der Waals surface area contributed by atoms with E-state index in [0.717, 1.165) is 40.9 Å². The summed E-state index contributed by atoms with van der Waals surface area (Å²) in [6.45, 7) is 6.93. The van der Waals surface area contributed by atoms with Gasteiger partial charge >= 0.3 is 0 Å². The first kappa shape index (κ1) is 14.7. The van der Waals surface area contributed by atoms with Gasteiger partial charge in [0.25, 0.3) is 0 Å². The number of nitrogens with one attached hydrogen (secondary N) is 2. The van der Waals surface area contributed by atoms with Gasteiger partial charge in [-0.2, -0.15) is 0 Å². The van der Waals surface area contributed by atoms with Crippen LogP contribution in [0.1, 0.15) is 35.1 Å². The molecule has 20 heavy (non-hydrogen) atoms. The van der Waals surface area contributed by atoms with E-state index in [0.29, 0.717) is 6.54 Å². The quantitative estimate of drug-likeness (QED) is 0.856. The van der Waals surface area contributed by atoms with Gasteiger partial charge in [0, 0.05) is 30.1 Å². The van der Waals surface area contributed by atoms with Gasteiger partial charge in [-0.1, -0.05) is 13.8 Å². The molecule has 0 aliphatic rings. The largest absolute Gasteiger partial charge is 0.373 e. The summed E-state index contributed by atoms with van der Waals surface area (Å²) in [5, 5.41) is 7.58. The van der Waals surface area contributed by atoms with Crippen LogP contribution in [0.15, 0.2) is 6.20 Å². The van der Waals surface area contributed by atoms with E-state index >= 15 is 0 Å². The Morgan fingerprint density at radius 1 is 1.15 bits per heavy atom. The second kappa shape index (κ2) is 6.65. The molecule has 0 aromatic carbocycles. The first-order valence-electron chi connectivity index (χ1n) is 6.90. The maximum absolute atomic E-state index is 4.56. The number of hydrogen-bond donors (Lipinski definition) is 2. The first-order chi connectivity index (χ1) is 9.67. The maximum Gasteiger partial charge on any atom is 0.135 e. The molecular weight excluding hydrogens is 270 g/mol. The number of aromatic nitrogens is 3. The average molecular weight is 291 g/mol. The van der Waals surface area contributed by atoms with E-state index in [9.17, 15) is 0 Å². The highest BCUT2D eigenvalue weighted by atomic mass is 32.1. The predicted octanol–water partition coefficient (Wildman–Crippen LogP) is 3.02. The van der Waals surface area contributed by atoms with Gasteiger partial charge in [-0.25, -0.2) is 15.0 Å². The molecule has 2 heterocycles. The van der Waals surface area contributed by atoms with Gasteiger partial charge in [-0.05, 0) is 13.3 Å². The fourth-order valence-corrected chi connectivity index (χ4v) is 2.69. The zero-order chi connectivity index (χ0) is 14.5. The van der Waals surface area contributed by atoms with Crippen molar-refractivity contribution >= 4 is 23.0 Å². The Bertz CT molecular complexity index is 579. The standard InChI is InChI=1S/C14H21N5S/c1-5-10-7-16-12(20-10)8-17-14-9(3)13(15-4)18-11(6-2)19-14/h7H,5-6,8H2,1-4H3,(H2,15,17,18,19). The third-order valence-electron chi connectivity index (χ3n) is 3.10. The summed E-state index contributed by atoms with van der Waals surface area (Å²) in [6, 6.07) is 0. The van der Waals surface area contributed by atoms with Crippen LogP contribution in [-0.2, 0) is 19.4 Å². The van der Waals surface area contributed by atoms with E-state index in [1.165, 1.54) is 4.88 Å². The molecule has 108 valence electrons. The van der Waals surface area contributed by atoms with Gasteiger partial charge in [0.05, 0.1) is 6.54 Å². The van der Waals surface area contributed by atoms with Gasteiger partial charge in [-0.15, -0.1) is 11.3 Å². The Morgan fingerprint density at radius 2 is 1.90 bits per heavy atom. The van der Waals surface area contributed by atoms with E-state index in [-0.39, 0.29) is 0 Å². The Hall–Kier alpha value is -1.69. The lowest BCUT2D eigenvalue weighted by Crippen LogP contribution is -2.09. The van der Waals surface area contributed by atoms with Crippen molar-refractivity contribution in [1.29, 1.82) is 0 Å². The minimum atomic E-state index is 0.703. The highest BCUT2D eigenvalue weighted by Crippen LogP contribution is 2.21. The van der Waals surface area contributed by atoms with E-state index in [1.807, 2.05) is 20.2 Å². The van der Waals surface area contributed by atoms with Crippen molar-refractivity contribution in [1.82, 2.24) is 15.0 Å². The predicted molar refractivity (Wildman–Crippen MR) is 84.5 cm³/mol. The smallest absolute Gasteiger partial charge is 0.135 e. The summed E-state index contributed by atoms with van der Waals surface area (Å²) in [5.74, 6) is 2.61. The van der Waals surface area contributed by atoms with Crippen molar-refractivity contribution in [3.63, 3.8) is 0 Å². The van der Waals surface area contributed by atoms with Crippen molar-refractivity contribution in [2.45, 2.75) is 40.2 Å². The molecule has 6 heteroatoms. The minimum absolute atomic E-state index is 0.703. The van der Waals surface area contributed by atoms with Crippen LogP contribution < -0.4 is 10.6 Å². The van der Waals surface area contributed by atoms with Gasteiger partial charge in [-0.3, -0.25) is 0 Å². The van der Waals surface area contributed by atoms with Crippen LogP contribution in [0.5, 0.6) is 0 Å². The number of rotatable bonds is 6. The molecule has 0 saturated carbocycles. The molecular formula is C14H21N5S. The van der Waals surface area contributed by atoms with Crippen molar-refractivity contribution in [3.8, 4) is 0 Å². The lowest BCUT2D eigenvalue weighted by atomic mass is 10.3. The van der Waals surface area contributed by atoms with Crippen LogP contribution >= 0.6 is 11.3 Å². The van der Waals surface area contributed by atoms with Gasteiger partial charge in [0.15, 0.2) is 0 Å². The van der Waals surface area contributed by atoms with Gasteiger partial charge in [0.2, 0.25) is 0 Å². The first-order valence-corrected chi connectivity index (χ1v) is 7.72. The van der Waals surface area contributed by atoms with Crippen molar-refractivity contribution in [3.05, 3.63) is 27.5 Å². The molecule has 0 aliphatic heterocycles. The lowest BCUT2D eigenvalue weighted by molar-refractivity contribution is 0.923. The van der Waals surface area contributed by atoms with Crippen LogP contribution in [0.25, 0.3) is 0 Å². The zero-order valence-electron chi connectivity index (χ0n) is 12.4. The zero-order valence-corrected chi connectivity index (χ0v) is 13.3. The van der Waals surface area contributed by atoms with Crippen LogP contribution in [0.2, 0.25) is 0 Å². The van der Waals surface area contributed by atoms with Crippen LogP contribution in [-0.4, -0.2) is 22.0 Å². The molecule has 5 nitrogen and oxygen atoms in total. The normalized spacial score (nSPS) is 10.6. The second-order valence-corrected chi connectivity index (χ2v) is 5.69. The monoisotopic (exact) mass is 291 g/mol. The summed E-state index contributed by atoms with van der Waals surface area (Å²) in [7, 11) is 1.88. The number of hydrogen-bond acceptors (Lipinski definition) is 6. The van der Waals surface area contributed by atoms with Crippen molar-refractivity contribution < 1.29 is 0 Å². The Balaban J connectivity index is 2.15. The summed E-state index contributed by atoms with van der Waals surface area (Å²) < 4.78 is 0. The number of nitrogens with zero attached hydrogens (tertiary/aromatic N) is 3. The van der Waals surface area contributed by atoms with E-state index in [2.05, 4.69) is 39.4 Å². The number of thiazole rings is 1. The molecule has 0 radical (unpaired) electrons. The average Bonchev–Trinajstić information content (AvgIpc) is 2.94.